The first-order valence-corrected chi connectivity index (χ1v) is 8.64. The van der Waals surface area contributed by atoms with Gasteiger partial charge in [0.15, 0.2) is 0 Å². The summed E-state index contributed by atoms with van der Waals surface area (Å²) < 4.78 is 0. The predicted octanol–water partition coefficient (Wildman–Crippen LogP) is 2.92. The van der Waals surface area contributed by atoms with Gasteiger partial charge in [0.05, 0.1) is 12.0 Å². The molecule has 4 unspecified atom stereocenters. The van der Waals surface area contributed by atoms with Crippen LogP contribution in [0, 0.1) is 23.2 Å². The van der Waals surface area contributed by atoms with Crippen LogP contribution >= 0.6 is 0 Å². The van der Waals surface area contributed by atoms with Gasteiger partial charge in [-0.1, -0.05) is 13.0 Å². The van der Waals surface area contributed by atoms with Crippen LogP contribution in [0.5, 0.6) is 5.75 Å². The number of aliphatic hydroxyl groups is 1. The quantitative estimate of drug-likeness (QED) is 0.744. The molecule has 0 radical (unpaired) electrons. The van der Waals surface area contributed by atoms with E-state index in [1.54, 1.807) is 6.07 Å². The summed E-state index contributed by atoms with van der Waals surface area (Å²) in [4.78, 5) is 11.5. The second-order valence-corrected chi connectivity index (χ2v) is 7.97. The number of aryl methyl sites for hydroxylation is 1. The maximum atomic E-state index is 11.5. The molecule has 0 spiro atoms. The topological polar surface area (TPSA) is 77.8 Å². The molecule has 6 atom stereocenters. The van der Waals surface area contributed by atoms with Crippen molar-refractivity contribution in [2.24, 2.45) is 23.2 Å². The molecule has 2 fully saturated rings. The van der Waals surface area contributed by atoms with E-state index in [2.05, 4.69) is 6.92 Å². The van der Waals surface area contributed by atoms with Gasteiger partial charge in [0.1, 0.15) is 5.75 Å². The van der Waals surface area contributed by atoms with Gasteiger partial charge in [-0.05, 0) is 78.5 Å². The molecule has 0 amide bonds. The lowest BCUT2D eigenvalue weighted by atomic mass is 9.55. The Morgan fingerprint density at radius 1 is 1.30 bits per heavy atom. The first kappa shape index (κ1) is 15.0. The third-order valence-corrected chi connectivity index (χ3v) is 7.03. The van der Waals surface area contributed by atoms with Crippen molar-refractivity contribution < 1.29 is 20.1 Å². The molecule has 2 saturated carbocycles. The molecule has 3 aliphatic carbocycles. The second kappa shape index (κ2) is 4.97. The zero-order valence-corrected chi connectivity index (χ0v) is 13.4. The Labute approximate surface area is 136 Å². The number of carboxylic acids is 1. The van der Waals surface area contributed by atoms with Crippen LogP contribution in [-0.2, 0) is 11.2 Å². The van der Waals surface area contributed by atoms with Crippen LogP contribution in [0.4, 0.5) is 0 Å². The van der Waals surface area contributed by atoms with Crippen LogP contribution in [0.3, 0.4) is 0 Å². The first-order valence-electron chi connectivity index (χ1n) is 8.64. The number of fused-ring (bicyclic) bond motifs is 5. The summed E-state index contributed by atoms with van der Waals surface area (Å²) >= 11 is 0. The van der Waals surface area contributed by atoms with Gasteiger partial charge in [-0.25, -0.2) is 0 Å². The van der Waals surface area contributed by atoms with Crippen molar-refractivity contribution in [3.8, 4) is 5.75 Å². The molecule has 0 bridgehead atoms. The lowest BCUT2D eigenvalue weighted by Gasteiger charge is -2.50. The number of rotatable bonds is 1. The fourth-order valence-electron chi connectivity index (χ4n) is 5.83. The highest BCUT2D eigenvalue weighted by atomic mass is 16.4. The average molecular weight is 316 g/mol. The number of hydrogen-bond acceptors (Lipinski definition) is 3. The fraction of sp³-hybridized carbons (Fsp3) is 0.632. The molecule has 0 aliphatic heterocycles. The van der Waals surface area contributed by atoms with E-state index in [-0.39, 0.29) is 11.3 Å². The Kier molecular flexibility index (Phi) is 3.24. The van der Waals surface area contributed by atoms with Crippen molar-refractivity contribution >= 4 is 5.97 Å². The molecule has 23 heavy (non-hydrogen) atoms. The summed E-state index contributed by atoms with van der Waals surface area (Å²) in [5, 5.41) is 29.8. The number of phenolic OH excluding ortho intramolecular Hbond substituents is 1. The Bertz CT molecular complexity index is 655. The molecular weight excluding hydrogens is 292 g/mol. The summed E-state index contributed by atoms with van der Waals surface area (Å²) in [6.45, 7) is 2.09. The summed E-state index contributed by atoms with van der Waals surface area (Å²) in [5.74, 6) is 0.0158. The van der Waals surface area contributed by atoms with Crippen molar-refractivity contribution in [1.82, 2.24) is 0 Å². The van der Waals surface area contributed by atoms with Crippen LogP contribution in [0.1, 0.15) is 49.7 Å². The zero-order chi connectivity index (χ0) is 16.4. The van der Waals surface area contributed by atoms with Crippen LogP contribution in [-0.4, -0.2) is 27.4 Å². The highest BCUT2D eigenvalue weighted by Crippen LogP contribution is 2.62. The minimum atomic E-state index is -0.856. The van der Waals surface area contributed by atoms with Crippen molar-refractivity contribution in [3.05, 3.63) is 29.3 Å². The smallest absolute Gasteiger partial charge is 0.309 e. The van der Waals surface area contributed by atoms with Gasteiger partial charge in [-0.2, -0.15) is 0 Å². The zero-order valence-electron chi connectivity index (χ0n) is 13.4. The SMILES string of the molecule is C[C@]12CCC3c4ccc(O)cc4CCC3C1CC(C(=O)O)[C@@H]2O. The predicted molar refractivity (Wildman–Crippen MR) is 85.2 cm³/mol. The van der Waals surface area contributed by atoms with Crippen molar-refractivity contribution in [1.29, 1.82) is 0 Å². The summed E-state index contributed by atoms with van der Waals surface area (Å²) in [6, 6.07) is 5.69. The highest BCUT2D eigenvalue weighted by Gasteiger charge is 2.59. The van der Waals surface area contributed by atoms with Gasteiger partial charge in [0, 0.05) is 0 Å². The maximum absolute atomic E-state index is 11.5. The third kappa shape index (κ3) is 2.04. The van der Waals surface area contributed by atoms with Crippen LogP contribution in [0.25, 0.3) is 0 Å². The molecule has 0 heterocycles. The van der Waals surface area contributed by atoms with Crippen molar-refractivity contribution in [3.63, 3.8) is 0 Å². The number of aromatic hydroxyl groups is 1. The van der Waals surface area contributed by atoms with Crippen LogP contribution < -0.4 is 0 Å². The molecular formula is C19H24O4. The average Bonchev–Trinajstić information content (AvgIpc) is 2.79. The normalized spacial score (nSPS) is 41.7. The molecule has 4 heteroatoms. The number of carbonyl (C=O) groups is 1. The largest absolute Gasteiger partial charge is 0.508 e. The lowest BCUT2D eigenvalue weighted by Crippen LogP contribution is -2.44. The van der Waals surface area contributed by atoms with E-state index in [1.807, 2.05) is 12.1 Å². The van der Waals surface area contributed by atoms with Gasteiger partial charge >= 0.3 is 5.97 Å². The van der Waals surface area contributed by atoms with Crippen molar-refractivity contribution in [2.75, 3.05) is 0 Å². The van der Waals surface area contributed by atoms with E-state index in [0.29, 0.717) is 24.0 Å². The molecule has 124 valence electrons. The first-order chi connectivity index (χ1) is 10.9. The molecule has 4 nitrogen and oxygen atoms in total. The van der Waals surface area contributed by atoms with Crippen molar-refractivity contribution in [2.45, 2.75) is 51.0 Å². The number of hydrogen-bond donors (Lipinski definition) is 3. The lowest BCUT2D eigenvalue weighted by molar-refractivity contribution is -0.146. The monoisotopic (exact) mass is 316 g/mol. The number of aliphatic hydroxyl groups excluding tert-OH is 1. The number of benzene rings is 1. The number of aliphatic carboxylic acids is 1. The summed E-state index contributed by atoms with van der Waals surface area (Å²) in [6.07, 6.45) is 3.71. The van der Waals surface area contributed by atoms with E-state index in [1.165, 1.54) is 11.1 Å². The number of phenols is 1. The molecule has 3 aliphatic rings. The Morgan fingerprint density at radius 2 is 2.09 bits per heavy atom. The fourth-order valence-corrected chi connectivity index (χ4v) is 5.83. The molecule has 3 N–H and O–H groups in total. The molecule has 0 aromatic heterocycles. The molecule has 0 saturated heterocycles. The Hall–Kier alpha value is -1.55. The van der Waals surface area contributed by atoms with E-state index < -0.39 is 18.0 Å². The van der Waals surface area contributed by atoms with Crippen LogP contribution in [0.15, 0.2) is 18.2 Å². The molecule has 1 aromatic rings. The van der Waals surface area contributed by atoms with Gasteiger partial charge in [-0.3, -0.25) is 4.79 Å². The Morgan fingerprint density at radius 3 is 2.83 bits per heavy atom. The van der Waals surface area contributed by atoms with E-state index in [0.717, 1.165) is 25.7 Å². The van der Waals surface area contributed by atoms with Gasteiger partial charge in [0.2, 0.25) is 0 Å². The highest BCUT2D eigenvalue weighted by molar-refractivity contribution is 5.71. The van der Waals surface area contributed by atoms with Crippen LogP contribution in [0.2, 0.25) is 0 Å². The minimum absolute atomic E-state index is 0.265. The van der Waals surface area contributed by atoms with E-state index in [4.69, 9.17) is 0 Å². The minimum Gasteiger partial charge on any atom is -0.508 e. The molecule has 4 rings (SSSR count). The number of carboxylic acid groups (broad SMARTS) is 1. The molecule has 1 aromatic carbocycles. The van der Waals surface area contributed by atoms with E-state index >= 15 is 0 Å². The third-order valence-electron chi connectivity index (χ3n) is 7.03. The summed E-state index contributed by atoms with van der Waals surface area (Å²) in [5.41, 5.74) is 2.30. The maximum Gasteiger partial charge on any atom is 0.309 e. The standard InChI is InChI=1S/C19H24O4/c1-19-7-6-13-12-5-3-11(20)8-10(12)2-4-14(13)16(19)9-15(17(19)21)18(22)23/h3,5,8,13-17,20-21H,2,4,6-7,9H2,1H3,(H,22,23)/t13?,14?,15?,16?,17-,19-/m0/s1. The van der Waals surface area contributed by atoms with Gasteiger partial charge in [0.25, 0.3) is 0 Å². The summed E-state index contributed by atoms with van der Waals surface area (Å²) in [7, 11) is 0. The van der Waals surface area contributed by atoms with Gasteiger partial charge in [-0.15, -0.1) is 0 Å². The van der Waals surface area contributed by atoms with Gasteiger partial charge < -0.3 is 15.3 Å². The van der Waals surface area contributed by atoms with E-state index in [9.17, 15) is 20.1 Å². The second-order valence-electron chi connectivity index (χ2n) is 7.97. The Balaban J connectivity index is 1.70.